The molecule has 0 radical (unpaired) electrons. The van der Waals surface area contributed by atoms with Crippen molar-refractivity contribution in [2.24, 2.45) is 0 Å². The van der Waals surface area contributed by atoms with E-state index >= 15 is 0 Å². The van der Waals surface area contributed by atoms with Gasteiger partial charge in [0.1, 0.15) is 5.75 Å². The molecule has 0 bridgehead atoms. The highest BCUT2D eigenvalue weighted by atomic mass is 32.3. The van der Waals surface area contributed by atoms with E-state index in [0.717, 1.165) is 21.9 Å². The van der Waals surface area contributed by atoms with Crippen molar-refractivity contribution in [3.05, 3.63) is 54.1 Å². The molecule has 34 heavy (non-hydrogen) atoms. The lowest BCUT2D eigenvalue weighted by atomic mass is 10.1. The molecular formula is C22H28N2O8S2. The highest BCUT2D eigenvalue weighted by molar-refractivity contribution is 7.99. The molecule has 1 amide bonds. The average Bonchev–Trinajstić information content (AvgIpc) is 2.86. The second-order valence-corrected chi connectivity index (χ2v) is 9.63. The second-order valence-electron chi connectivity index (χ2n) is 7.55. The molecule has 0 unspecified atom stereocenters. The van der Waals surface area contributed by atoms with Gasteiger partial charge < -0.3 is 19.3 Å². The molecule has 0 saturated carbocycles. The van der Waals surface area contributed by atoms with E-state index in [-0.39, 0.29) is 11.2 Å². The molecule has 2 aromatic rings. The molecule has 12 heteroatoms. The van der Waals surface area contributed by atoms with E-state index in [1.165, 1.54) is 6.92 Å². The van der Waals surface area contributed by atoms with Gasteiger partial charge in [-0.3, -0.25) is 18.7 Å². The molecule has 3 rings (SSSR count). The first-order valence-corrected chi connectivity index (χ1v) is 12.4. The van der Waals surface area contributed by atoms with Crippen LogP contribution in [0.4, 0.5) is 5.69 Å². The Balaban J connectivity index is 0.000000739. The third-order valence-corrected chi connectivity index (χ3v) is 6.07. The fraction of sp³-hybridized carbons (Fsp3) is 0.364. The molecule has 2 N–H and O–H groups in total. The number of likely N-dealkylation sites (N-methyl/N-ethyl adjacent to an activating group) is 1. The SMILES string of the molecule is COc1ccc([C@@H]2Sc3ccccc3N(CCN(C)C)C(=O)[C@@H]2OC(C)=O)cc1.O=S(=O)(O)O. The smallest absolute Gasteiger partial charge is 0.394 e. The van der Waals surface area contributed by atoms with E-state index in [2.05, 4.69) is 0 Å². The Morgan fingerprint density at radius 3 is 2.24 bits per heavy atom. The van der Waals surface area contributed by atoms with Gasteiger partial charge in [0.15, 0.2) is 6.10 Å². The molecule has 1 aliphatic heterocycles. The van der Waals surface area contributed by atoms with Crippen LogP contribution in [0.2, 0.25) is 0 Å². The van der Waals surface area contributed by atoms with Crippen LogP contribution >= 0.6 is 11.8 Å². The number of rotatable bonds is 6. The van der Waals surface area contributed by atoms with Gasteiger partial charge in [0.25, 0.3) is 5.91 Å². The van der Waals surface area contributed by atoms with Gasteiger partial charge in [-0.15, -0.1) is 11.8 Å². The molecule has 1 heterocycles. The summed E-state index contributed by atoms with van der Waals surface area (Å²) in [6.07, 6.45) is -0.916. The molecule has 2 aromatic carbocycles. The van der Waals surface area contributed by atoms with Crippen LogP contribution in [-0.2, 0) is 24.7 Å². The lowest BCUT2D eigenvalue weighted by molar-refractivity contribution is -0.152. The maximum absolute atomic E-state index is 13.6. The summed E-state index contributed by atoms with van der Waals surface area (Å²) in [6.45, 7) is 2.55. The number of amides is 1. The third-order valence-electron chi connectivity index (χ3n) is 4.70. The van der Waals surface area contributed by atoms with Crippen molar-refractivity contribution < 1.29 is 36.6 Å². The molecule has 0 saturated heterocycles. The Kier molecular flexibility index (Phi) is 9.89. The van der Waals surface area contributed by atoms with Gasteiger partial charge in [-0.05, 0) is 43.9 Å². The van der Waals surface area contributed by atoms with E-state index in [1.807, 2.05) is 67.5 Å². The summed E-state index contributed by atoms with van der Waals surface area (Å²) >= 11 is 1.54. The zero-order valence-electron chi connectivity index (χ0n) is 19.2. The molecule has 0 fully saturated rings. The van der Waals surface area contributed by atoms with Crippen molar-refractivity contribution in [3.63, 3.8) is 0 Å². The van der Waals surface area contributed by atoms with Gasteiger partial charge in [-0.25, -0.2) is 0 Å². The molecule has 10 nitrogen and oxygen atoms in total. The predicted molar refractivity (Wildman–Crippen MR) is 129 cm³/mol. The third kappa shape index (κ3) is 8.29. The highest BCUT2D eigenvalue weighted by Crippen LogP contribution is 2.46. The number of carbonyl (C=O) groups is 2. The fourth-order valence-electron chi connectivity index (χ4n) is 3.24. The Labute approximate surface area is 203 Å². The molecule has 1 aliphatic rings. The fourth-order valence-corrected chi connectivity index (χ4v) is 4.56. The van der Waals surface area contributed by atoms with E-state index in [9.17, 15) is 9.59 Å². The van der Waals surface area contributed by atoms with Crippen LogP contribution in [0.5, 0.6) is 5.75 Å². The van der Waals surface area contributed by atoms with Crippen molar-refractivity contribution >= 4 is 39.7 Å². The molecule has 0 spiro atoms. The molecule has 2 atom stereocenters. The van der Waals surface area contributed by atoms with Crippen LogP contribution in [-0.4, -0.2) is 74.7 Å². The van der Waals surface area contributed by atoms with Crippen molar-refractivity contribution in [2.75, 3.05) is 39.2 Å². The predicted octanol–water partition coefficient (Wildman–Crippen LogP) is 2.72. The maximum atomic E-state index is 13.6. The number of hydrogen-bond donors (Lipinski definition) is 2. The van der Waals surface area contributed by atoms with Gasteiger partial charge in [-0.1, -0.05) is 24.3 Å². The molecule has 0 aliphatic carbocycles. The average molecular weight is 513 g/mol. The van der Waals surface area contributed by atoms with Crippen LogP contribution in [0.15, 0.2) is 53.4 Å². The monoisotopic (exact) mass is 512 g/mol. The maximum Gasteiger partial charge on any atom is 0.394 e. The summed E-state index contributed by atoms with van der Waals surface area (Å²) in [5.41, 5.74) is 1.75. The van der Waals surface area contributed by atoms with Crippen molar-refractivity contribution in [1.29, 1.82) is 0 Å². The first-order chi connectivity index (χ1) is 15.9. The first-order valence-electron chi connectivity index (χ1n) is 10.1. The zero-order valence-corrected chi connectivity index (χ0v) is 20.9. The summed E-state index contributed by atoms with van der Waals surface area (Å²) in [5, 5.41) is -0.359. The van der Waals surface area contributed by atoms with Crippen LogP contribution < -0.4 is 9.64 Å². The molecule has 0 aromatic heterocycles. The topological polar surface area (TPSA) is 134 Å². The van der Waals surface area contributed by atoms with Crippen LogP contribution in [0.3, 0.4) is 0 Å². The van der Waals surface area contributed by atoms with Gasteiger partial charge >= 0.3 is 16.4 Å². The molecular weight excluding hydrogens is 484 g/mol. The van der Waals surface area contributed by atoms with Gasteiger partial charge in [0.05, 0.1) is 18.0 Å². The molecule has 186 valence electrons. The van der Waals surface area contributed by atoms with Crippen molar-refractivity contribution in [3.8, 4) is 5.75 Å². The number of carbonyl (C=O) groups excluding carboxylic acids is 2. The number of ether oxygens (including phenoxy) is 2. The lowest BCUT2D eigenvalue weighted by Gasteiger charge is -2.28. The number of hydrogen-bond acceptors (Lipinski definition) is 8. The summed E-state index contributed by atoms with van der Waals surface area (Å²) < 4.78 is 42.4. The first kappa shape index (κ1) is 27.6. The van der Waals surface area contributed by atoms with Gasteiger partial charge in [0.2, 0.25) is 0 Å². The summed E-state index contributed by atoms with van der Waals surface area (Å²) in [5.74, 6) is 0.0528. The van der Waals surface area contributed by atoms with Crippen LogP contribution in [0.25, 0.3) is 0 Å². The van der Waals surface area contributed by atoms with Crippen molar-refractivity contribution in [1.82, 2.24) is 4.90 Å². The Hall–Kier alpha value is -2.64. The quantitative estimate of drug-likeness (QED) is 0.439. The van der Waals surface area contributed by atoms with Gasteiger partial charge in [0, 0.05) is 24.9 Å². The normalized spacial score (nSPS) is 17.9. The van der Waals surface area contributed by atoms with Gasteiger partial charge in [-0.2, -0.15) is 8.42 Å². The summed E-state index contributed by atoms with van der Waals surface area (Å²) in [7, 11) is 0.874. The van der Waals surface area contributed by atoms with E-state index in [0.29, 0.717) is 13.1 Å². The zero-order chi connectivity index (χ0) is 25.5. The largest absolute Gasteiger partial charge is 0.497 e. The number of para-hydroxylation sites is 1. The Morgan fingerprint density at radius 2 is 1.71 bits per heavy atom. The number of methoxy groups -OCH3 is 1. The summed E-state index contributed by atoms with van der Waals surface area (Å²) in [6, 6.07) is 15.4. The standard InChI is InChI=1S/C22H26N2O4S.H2O4S/c1-15(25)28-20-21(16-9-11-17(27-4)12-10-16)29-19-8-6-5-7-18(19)24(22(20)26)14-13-23(2)3;1-5(2,3)4/h5-12,20-21H,13-14H2,1-4H3;(H2,1,2,3,4)/t20-,21+;/m1./s1. The Morgan fingerprint density at radius 1 is 1.12 bits per heavy atom. The number of esters is 1. The van der Waals surface area contributed by atoms with Crippen LogP contribution in [0, 0.1) is 0 Å². The minimum atomic E-state index is -4.67. The number of anilines is 1. The number of fused-ring (bicyclic) bond motifs is 1. The van der Waals surface area contributed by atoms with Crippen LogP contribution in [0.1, 0.15) is 17.7 Å². The van der Waals surface area contributed by atoms with Crippen molar-refractivity contribution in [2.45, 2.75) is 23.2 Å². The number of thioether (sulfide) groups is 1. The summed E-state index contributed by atoms with van der Waals surface area (Å²) in [4.78, 5) is 30.2. The lowest BCUT2D eigenvalue weighted by Crippen LogP contribution is -2.45. The highest BCUT2D eigenvalue weighted by Gasteiger charge is 2.40. The second kappa shape index (κ2) is 12.2. The van der Waals surface area contributed by atoms with E-state index in [1.54, 1.807) is 23.8 Å². The number of benzene rings is 2. The Bertz CT molecular complexity index is 1080. The minimum Gasteiger partial charge on any atom is -0.497 e. The minimum absolute atomic E-state index is 0.208. The van der Waals surface area contributed by atoms with E-state index in [4.69, 9.17) is 27.0 Å². The number of nitrogens with zero attached hydrogens (tertiary/aromatic N) is 2. The van der Waals surface area contributed by atoms with E-state index < -0.39 is 22.5 Å².